The van der Waals surface area contributed by atoms with E-state index in [2.05, 4.69) is 15.2 Å². The first-order chi connectivity index (χ1) is 11.2. The number of aryl methyl sites for hydroxylation is 1. The Hall–Kier alpha value is -1.88. The molecule has 4 aliphatic rings. The predicted molar refractivity (Wildman–Crippen MR) is 86.3 cm³/mol. The van der Waals surface area contributed by atoms with Crippen LogP contribution >= 0.6 is 0 Å². The van der Waals surface area contributed by atoms with Crippen LogP contribution in [0.2, 0.25) is 0 Å². The molecule has 0 radical (unpaired) electrons. The molecule has 2 aromatic rings. The topological polar surface area (TPSA) is 58.4 Å². The maximum atomic E-state index is 12.9. The van der Waals surface area contributed by atoms with Crippen LogP contribution in [-0.4, -0.2) is 40.5 Å². The van der Waals surface area contributed by atoms with Crippen molar-refractivity contribution in [2.45, 2.75) is 44.2 Å². The number of nitrogens with one attached hydrogen (secondary N) is 1. The zero-order chi connectivity index (χ0) is 15.6. The minimum Gasteiger partial charge on any atom is -0.463 e. The lowest BCUT2D eigenvalue weighted by Crippen LogP contribution is -2.65. The first-order valence-electron chi connectivity index (χ1n) is 8.58. The molecular weight excluding hydrogens is 290 g/mol. The maximum absolute atomic E-state index is 12.9. The molecule has 1 spiro atoms. The van der Waals surface area contributed by atoms with Crippen LogP contribution in [0.25, 0.3) is 11.0 Å². The summed E-state index contributed by atoms with van der Waals surface area (Å²) in [5, 5.41) is 4.32. The Bertz CT molecular complexity index is 785. The van der Waals surface area contributed by atoms with E-state index in [-0.39, 0.29) is 11.4 Å². The van der Waals surface area contributed by atoms with Crippen molar-refractivity contribution in [3.63, 3.8) is 0 Å². The van der Waals surface area contributed by atoms with Gasteiger partial charge in [-0.2, -0.15) is 0 Å². The molecule has 23 heavy (non-hydrogen) atoms. The number of carbonyl (C=O) groups is 1. The van der Waals surface area contributed by atoms with Crippen molar-refractivity contribution in [1.82, 2.24) is 15.2 Å². The lowest BCUT2D eigenvalue weighted by atomic mass is 9.77. The summed E-state index contributed by atoms with van der Waals surface area (Å²) < 4.78 is 5.37. The molecule has 1 saturated carbocycles. The van der Waals surface area contributed by atoms with Crippen molar-refractivity contribution >= 4 is 16.9 Å². The first kappa shape index (κ1) is 13.5. The average molecular weight is 311 g/mol. The van der Waals surface area contributed by atoms with Crippen LogP contribution in [-0.2, 0) is 0 Å². The molecule has 5 nitrogen and oxygen atoms in total. The highest BCUT2D eigenvalue weighted by molar-refractivity contribution is 5.98. The Morgan fingerprint density at radius 3 is 2.91 bits per heavy atom. The summed E-state index contributed by atoms with van der Waals surface area (Å²) in [5.74, 6) is 0.597. The summed E-state index contributed by atoms with van der Waals surface area (Å²) >= 11 is 0. The number of hydrogen-bond acceptors (Lipinski definition) is 4. The van der Waals surface area contributed by atoms with Crippen LogP contribution in [0.3, 0.4) is 0 Å². The number of aromatic nitrogens is 1. The van der Waals surface area contributed by atoms with Gasteiger partial charge in [-0.1, -0.05) is 0 Å². The molecule has 1 amide bonds. The molecule has 1 unspecified atom stereocenters. The summed E-state index contributed by atoms with van der Waals surface area (Å²) in [7, 11) is 0. The zero-order valence-corrected chi connectivity index (χ0v) is 13.3. The summed E-state index contributed by atoms with van der Waals surface area (Å²) in [4.78, 5) is 19.8. The standard InChI is InChI=1S/C18H21N3O2/c1-11-13-4-9-23-14(13)10-19-15(11)17(22)20-16-12-2-7-21(8-3-12)18(16)5-6-18/h4,9-10,12,16H,2-3,5-8H2,1H3,(H,20,22). The monoisotopic (exact) mass is 311 g/mol. The number of amides is 1. The van der Waals surface area contributed by atoms with Crippen molar-refractivity contribution in [3.05, 3.63) is 29.8 Å². The molecule has 3 aliphatic heterocycles. The SMILES string of the molecule is Cc1c(C(=O)NC2C3CCN(CC3)C23CC3)ncc2occc12. The molecule has 120 valence electrons. The third kappa shape index (κ3) is 1.83. The van der Waals surface area contributed by atoms with E-state index in [1.165, 1.54) is 38.8 Å². The van der Waals surface area contributed by atoms with E-state index < -0.39 is 0 Å². The van der Waals surface area contributed by atoms with E-state index in [4.69, 9.17) is 4.42 Å². The summed E-state index contributed by atoms with van der Waals surface area (Å²) in [5.41, 5.74) is 2.43. The Morgan fingerprint density at radius 1 is 1.39 bits per heavy atom. The summed E-state index contributed by atoms with van der Waals surface area (Å²) in [6.45, 7) is 4.35. The summed E-state index contributed by atoms with van der Waals surface area (Å²) in [6, 6.07) is 2.19. The van der Waals surface area contributed by atoms with Gasteiger partial charge in [0.05, 0.1) is 18.5 Å². The van der Waals surface area contributed by atoms with Crippen LogP contribution in [0.1, 0.15) is 41.7 Å². The molecule has 4 fully saturated rings. The number of hydrogen-bond donors (Lipinski definition) is 1. The summed E-state index contributed by atoms with van der Waals surface area (Å²) in [6.07, 6.45) is 8.16. The molecule has 1 atom stereocenters. The number of nitrogens with zero attached hydrogens (tertiary/aromatic N) is 2. The fourth-order valence-electron chi connectivity index (χ4n) is 4.84. The van der Waals surface area contributed by atoms with Crippen molar-refractivity contribution in [2.24, 2.45) is 5.92 Å². The van der Waals surface area contributed by atoms with Crippen LogP contribution in [0.5, 0.6) is 0 Å². The van der Waals surface area contributed by atoms with Gasteiger partial charge in [0.15, 0.2) is 5.58 Å². The van der Waals surface area contributed by atoms with Gasteiger partial charge in [0.1, 0.15) is 5.69 Å². The van der Waals surface area contributed by atoms with E-state index in [9.17, 15) is 4.79 Å². The Labute approximate surface area is 135 Å². The van der Waals surface area contributed by atoms with Gasteiger partial charge in [-0.05, 0) is 63.2 Å². The first-order valence-corrected chi connectivity index (χ1v) is 8.58. The molecule has 5 heterocycles. The smallest absolute Gasteiger partial charge is 0.270 e. The van der Waals surface area contributed by atoms with Crippen LogP contribution in [0, 0.1) is 12.8 Å². The highest BCUT2D eigenvalue weighted by atomic mass is 16.3. The van der Waals surface area contributed by atoms with Crippen LogP contribution in [0.15, 0.2) is 22.9 Å². The van der Waals surface area contributed by atoms with Gasteiger partial charge in [-0.15, -0.1) is 0 Å². The van der Waals surface area contributed by atoms with Crippen molar-refractivity contribution in [2.75, 3.05) is 13.1 Å². The van der Waals surface area contributed by atoms with Gasteiger partial charge in [0.25, 0.3) is 5.91 Å². The maximum Gasteiger partial charge on any atom is 0.270 e. The zero-order valence-electron chi connectivity index (χ0n) is 13.3. The van der Waals surface area contributed by atoms with E-state index in [0.717, 1.165) is 16.5 Å². The van der Waals surface area contributed by atoms with Crippen molar-refractivity contribution in [3.8, 4) is 0 Å². The third-order valence-electron chi connectivity index (χ3n) is 6.25. The Kier molecular flexibility index (Phi) is 2.69. The van der Waals surface area contributed by atoms with Crippen LogP contribution < -0.4 is 5.32 Å². The third-order valence-corrected chi connectivity index (χ3v) is 6.25. The van der Waals surface area contributed by atoms with Gasteiger partial charge in [0, 0.05) is 10.9 Å². The minimum absolute atomic E-state index is 0.0318. The minimum atomic E-state index is -0.0318. The Morgan fingerprint density at radius 2 is 2.17 bits per heavy atom. The molecule has 0 aromatic carbocycles. The lowest BCUT2D eigenvalue weighted by molar-refractivity contribution is -0.00153. The van der Waals surface area contributed by atoms with E-state index in [1.807, 2.05) is 13.0 Å². The molecule has 5 heteroatoms. The fourth-order valence-corrected chi connectivity index (χ4v) is 4.84. The van der Waals surface area contributed by atoms with Crippen LogP contribution in [0.4, 0.5) is 0 Å². The molecular formula is C18H21N3O2. The van der Waals surface area contributed by atoms with Gasteiger partial charge in [0.2, 0.25) is 0 Å². The van der Waals surface area contributed by atoms with Crippen molar-refractivity contribution in [1.29, 1.82) is 0 Å². The number of pyridine rings is 1. The Balaban J connectivity index is 1.45. The largest absolute Gasteiger partial charge is 0.463 e. The van der Waals surface area contributed by atoms with Crippen molar-refractivity contribution < 1.29 is 9.21 Å². The number of rotatable bonds is 2. The van der Waals surface area contributed by atoms with Gasteiger partial charge < -0.3 is 9.73 Å². The lowest BCUT2D eigenvalue weighted by Gasteiger charge is -2.52. The number of fused-ring (bicyclic) bond motifs is 3. The second-order valence-electron chi connectivity index (χ2n) is 7.31. The molecule has 2 aromatic heterocycles. The van der Waals surface area contributed by atoms with E-state index in [0.29, 0.717) is 17.7 Å². The highest BCUT2D eigenvalue weighted by Crippen LogP contribution is 2.53. The normalized spacial score (nSPS) is 30.7. The predicted octanol–water partition coefficient (Wildman–Crippen LogP) is 2.49. The molecule has 1 aliphatic carbocycles. The molecule has 1 N–H and O–H groups in total. The van der Waals surface area contributed by atoms with Gasteiger partial charge in [-0.3, -0.25) is 9.69 Å². The number of carbonyl (C=O) groups excluding carboxylic acids is 1. The average Bonchev–Trinajstić information content (AvgIpc) is 3.18. The van der Waals surface area contributed by atoms with E-state index in [1.54, 1.807) is 12.5 Å². The number of furan rings is 1. The molecule has 3 saturated heterocycles. The second-order valence-corrected chi connectivity index (χ2v) is 7.31. The van der Waals surface area contributed by atoms with Gasteiger partial charge >= 0.3 is 0 Å². The second kappa shape index (κ2) is 4.57. The van der Waals surface area contributed by atoms with Gasteiger partial charge in [-0.25, -0.2) is 4.98 Å². The van der Waals surface area contributed by atoms with E-state index >= 15 is 0 Å². The molecule has 2 bridgehead atoms. The highest BCUT2D eigenvalue weighted by Gasteiger charge is 2.60. The number of piperidine rings is 3. The quantitative estimate of drug-likeness (QED) is 0.926. The molecule has 6 rings (SSSR count). The fraction of sp³-hybridized carbons (Fsp3) is 0.556.